The average molecular weight is 273 g/mol. The Balaban J connectivity index is 1.84. The van der Waals surface area contributed by atoms with Crippen LogP contribution >= 0.6 is 11.6 Å². The summed E-state index contributed by atoms with van der Waals surface area (Å²) in [4.78, 5) is 0. The van der Waals surface area contributed by atoms with Gasteiger partial charge in [0.05, 0.1) is 0 Å². The van der Waals surface area contributed by atoms with Gasteiger partial charge in [-0.05, 0) is 31.0 Å². The molecule has 0 N–H and O–H groups in total. The van der Waals surface area contributed by atoms with Crippen molar-refractivity contribution in [1.82, 2.24) is 19.8 Å². The van der Waals surface area contributed by atoms with Gasteiger partial charge in [0.2, 0.25) is 0 Å². The molecule has 0 saturated heterocycles. The minimum absolute atomic E-state index is 0.448. The summed E-state index contributed by atoms with van der Waals surface area (Å²) in [5, 5.41) is 12.9. The summed E-state index contributed by atoms with van der Waals surface area (Å²) in [5.41, 5.74) is 3.28. The molecule has 3 aromatic rings. The topological polar surface area (TPSA) is 43.1 Å². The lowest BCUT2D eigenvalue weighted by Gasteiger charge is -2.02. The molecule has 0 unspecified atom stereocenters. The van der Waals surface area contributed by atoms with E-state index in [2.05, 4.69) is 46.5 Å². The summed E-state index contributed by atoms with van der Waals surface area (Å²) in [7, 11) is 0. The molecule has 0 aliphatic carbocycles. The first-order valence-electron chi connectivity index (χ1n) is 6.15. The molecule has 2 heterocycles. The predicted octanol–water partition coefficient (Wildman–Crippen LogP) is 2.87. The maximum atomic E-state index is 5.90. The van der Waals surface area contributed by atoms with E-state index in [1.165, 1.54) is 11.1 Å². The van der Waals surface area contributed by atoms with Crippen LogP contribution in [0.25, 0.3) is 5.65 Å². The van der Waals surface area contributed by atoms with Gasteiger partial charge in [-0.3, -0.25) is 0 Å². The van der Waals surface area contributed by atoms with Crippen LogP contribution in [-0.2, 0) is 12.8 Å². The maximum Gasteiger partial charge on any atom is 0.178 e. The molecule has 4 nitrogen and oxygen atoms in total. The Labute approximate surface area is 116 Å². The lowest BCUT2D eigenvalue weighted by atomic mass is 10.1. The van der Waals surface area contributed by atoms with E-state index in [1.54, 1.807) is 10.6 Å². The number of benzene rings is 1. The molecule has 1 aromatic carbocycles. The third-order valence-electron chi connectivity index (χ3n) is 3.01. The van der Waals surface area contributed by atoms with E-state index < -0.39 is 0 Å². The van der Waals surface area contributed by atoms with Crippen LogP contribution in [0.2, 0.25) is 5.15 Å². The van der Waals surface area contributed by atoms with E-state index >= 15 is 0 Å². The summed E-state index contributed by atoms with van der Waals surface area (Å²) >= 11 is 5.90. The molecule has 0 bridgehead atoms. The molecule has 96 valence electrons. The quantitative estimate of drug-likeness (QED) is 0.736. The molecular formula is C14H13ClN4. The monoisotopic (exact) mass is 272 g/mol. The number of fused-ring (bicyclic) bond motifs is 1. The highest BCUT2D eigenvalue weighted by Crippen LogP contribution is 2.11. The number of hydrogen-bond acceptors (Lipinski definition) is 3. The second-order valence-electron chi connectivity index (χ2n) is 4.53. The summed E-state index contributed by atoms with van der Waals surface area (Å²) < 4.78 is 1.71. The van der Waals surface area contributed by atoms with Crippen LogP contribution in [0, 0.1) is 6.92 Å². The molecule has 0 fully saturated rings. The highest BCUT2D eigenvalue weighted by Gasteiger charge is 2.07. The Morgan fingerprint density at radius 2 is 2.00 bits per heavy atom. The van der Waals surface area contributed by atoms with Gasteiger partial charge in [0.25, 0.3) is 0 Å². The van der Waals surface area contributed by atoms with E-state index in [4.69, 9.17) is 11.6 Å². The first-order valence-corrected chi connectivity index (χ1v) is 6.52. The van der Waals surface area contributed by atoms with Gasteiger partial charge in [-0.2, -0.15) is 9.61 Å². The van der Waals surface area contributed by atoms with Gasteiger partial charge in [-0.15, -0.1) is 10.2 Å². The largest absolute Gasteiger partial charge is 0.196 e. The molecule has 0 aliphatic rings. The fraction of sp³-hybridized carbons (Fsp3) is 0.214. The van der Waals surface area contributed by atoms with E-state index in [0.29, 0.717) is 5.15 Å². The predicted molar refractivity (Wildman–Crippen MR) is 74.4 cm³/mol. The first-order chi connectivity index (χ1) is 9.22. The zero-order valence-corrected chi connectivity index (χ0v) is 11.3. The Hall–Kier alpha value is -1.94. The molecule has 0 atom stereocenters. The molecule has 0 amide bonds. The van der Waals surface area contributed by atoms with Crippen LogP contribution in [0.4, 0.5) is 0 Å². The summed E-state index contributed by atoms with van der Waals surface area (Å²) in [5.74, 6) is 0.832. The number of nitrogens with zero attached hydrogens (tertiary/aromatic N) is 4. The van der Waals surface area contributed by atoms with Crippen molar-refractivity contribution < 1.29 is 0 Å². The zero-order valence-electron chi connectivity index (χ0n) is 10.5. The third kappa shape index (κ3) is 2.58. The van der Waals surface area contributed by atoms with Crippen LogP contribution in [-0.4, -0.2) is 19.8 Å². The lowest BCUT2D eigenvalue weighted by Crippen LogP contribution is -2.01. The van der Waals surface area contributed by atoms with Crippen molar-refractivity contribution in [3.05, 3.63) is 58.5 Å². The summed E-state index contributed by atoms with van der Waals surface area (Å²) in [6, 6.07) is 12.0. The molecule has 0 saturated carbocycles. The van der Waals surface area contributed by atoms with Crippen molar-refractivity contribution in [3.8, 4) is 0 Å². The molecule has 19 heavy (non-hydrogen) atoms. The lowest BCUT2D eigenvalue weighted by molar-refractivity contribution is 0.783. The normalized spacial score (nSPS) is 11.1. The van der Waals surface area contributed by atoms with E-state index in [-0.39, 0.29) is 0 Å². The van der Waals surface area contributed by atoms with Crippen molar-refractivity contribution in [2.45, 2.75) is 19.8 Å². The van der Waals surface area contributed by atoms with Crippen LogP contribution in [0.3, 0.4) is 0 Å². The zero-order chi connectivity index (χ0) is 13.2. The minimum Gasteiger partial charge on any atom is -0.196 e. The van der Waals surface area contributed by atoms with Crippen molar-refractivity contribution in [2.75, 3.05) is 0 Å². The molecule has 0 aliphatic heterocycles. The SMILES string of the molecule is Cc1cccc(CCc2nnc3ccc(Cl)nn23)c1. The van der Waals surface area contributed by atoms with Gasteiger partial charge < -0.3 is 0 Å². The van der Waals surface area contributed by atoms with Gasteiger partial charge in [-0.25, -0.2) is 0 Å². The maximum absolute atomic E-state index is 5.90. The van der Waals surface area contributed by atoms with Gasteiger partial charge >= 0.3 is 0 Å². The third-order valence-corrected chi connectivity index (χ3v) is 3.22. The van der Waals surface area contributed by atoms with Crippen LogP contribution in [0.5, 0.6) is 0 Å². The molecule has 5 heteroatoms. The van der Waals surface area contributed by atoms with Gasteiger partial charge in [0, 0.05) is 6.42 Å². The first kappa shape index (κ1) is 12.1. The highest BCUT2D eigenvalue weighted by atomic mass is 35.5. The Morgan fingerprint density at radius 3 is 2.84 bits per heavy atom. The van der Waals surface area contributed by atoms with Gasteiger partial charge in [0.1, 0.15) is 5.15 Å². The van der Waals surface area contributed by atoms with Crippen LogP contribution in [0.15, 0.2) is 36.4 Å². The van der Waals surface area contributed by atoms with Gasteiger partial charge in [-0.1, -0.05) is 41.4 Å². The summed E-state index contributed by atoms with van der Waals surface area (Å²) in [6.07, 6.45) is 1.70. The number of halogens is 1. The molecule has 3 rings (SSSR count). The van der Waals surface area contributed by atoms with Crippen LogP contribution in [0.1, 0.15) is 17.0 Å². The summed E-state index contributed by atoms with van der Waals surface area (Å²) in [6.45, 7) is 2.09. The van der Waals surface area contributed by atoms with Crippen molar-refractivity contribution in [1.29, 1.82) is 0 Å². The molecule has 0 spiro atoms. The Kier molecular flexibility index (Phi) is 3.17. The number of aromatic nitrogens is 4. The average Bonchev–Trinajstić information content (AvgIpc) is 2.79. The molecule has 0 radical (unpaired) electrons. The van der Waals surface area contributed by atoms with Crippen molar-refractivity contribution >= 4 is 17.2 Å². The second-order valence-corrected chi connectivity index (χ2v) is 4.92. The Morgan fingerprint density at radius 1 is 1.11 bits per heavy atom. The van der Waals surface area contributed by atoms with E-state index in [9.17, 15) is 0 Å². The highest BCUT2D eigenvalue weighted by molar-refractivity contribution is 6.29. The second kappa shape index (κ2) is 4.97. The van der Waals surface area contributed by atoms with Crippen molar-refractivity contribution in [3.63, 3.8) is 0 Å². The Bertz CT molecular complexity index is 720. The van der Waals surface area contributed by atoms with E-state index in [1.807, 2.05) is 6.07 Å². The molecule has 2 aromatic heterocycles. The standard InChI is InChI=1S/C14H13ClN4/c1-10-3-2-4-11(9-10)5-7-13-16-17-14-8-6-12(15)18-19(13)14/h2-4,6,8-9H,5,7H2,1H3. The number of rotatable bonds is 3. The smallest absolute Gasteiger partial charge is 0.178 e. The number of hydrogen-bond donors (Lipinski definition) is 0. The van der Waals surface area contributed by atoms with Gasteiger partial charge in [0.15, 0.2) is 11.5 Å². The van der Waals surface area contributed by atoms with Crippen molar-refractivity contribution in [2.24, 2.45) is 0 Å². The van der Waals surface area contributed by atoms with E-state index in [0.717, 1.165) is 24.3 Å². The fourth-order valence-electron chi connectivity index (χ4n) is 2.09. The minimum atomic E-state index is 0.448. The van der Waals surface area contributed by atoms with Crippen LogP contribution < -0.4 is 0 Å². The fourth-order valence-corrected chi connectivity index (χ4v) is 2.23. The molecular weight excluding hydrogens is 260 g/mol. The number of aryl methyl sites for hydroxylation is 3.